The van der Waals surface area contributed by atoms with Gasteiger partial charge in [0.05, 0.1) is 17.7 Å². The summed E-state index contributed by atoms with van der Waals surface area (Å²) in [6.45, 7) is 2.15. The number of hydrogen-bond donors (Lipinski definition) is 3. The topological polar surface area (TPSA) is 110 Å². The normalized spacial score (nSPS) is 12.8. The molecule has 0 fully saturated rings. The Morgan fingerprint density at radius 3 is 3.12 bits per heavy atom. The minimum atomic E-state index is -0.512. The molecule has 2 aromatic rings. The van der Waals surface area contributed by atoms with E-state index in [2.05, 4.69) is 20.2 Å². The number of hydrogen-bond acceptors (Lipinski definition) is 6. The Morgan fingerprint density at radius 1 is 1.53 bits per heavy atom. The fourth-order valence-electron chi connectivity index (χ4n) is 1.49. The van der Waals surface area contributed by atoms with Crippen molar-refractivity contribution in [1.82, 2.24) is 20.2 Å². The average Bonchev–Trinajstić information content (AvgIpc) is 2.75. The average molecular weight is 237 g/mol. The van der Waals surface area contributed by atoms with Crippen LogP contribution in [0.2, 0.25) is 0 Å². The van der Waals surface area contributed by atoms with Crippen LogP contribution in [-0.4, -0.2) is 38.0 Å². The van der Waals surface area contributed by atoms with Crippen molar-refractivity contribution in [2.45, 2.75) is 25.9 Å². The van der Waals surface area contributed by atoms with E-state index in [1.54, 1.807) is 6.20 Å². The van der Waals surface area contributed by atoms with Gasteiger partial charge in [-0.2, -0.15) is 15.1 Å². The molecule has 7 heteroatoms. The Hall–Kier alpha value is -1.89. The molecule has 0 saturated heterocycles. The molecule has 4 N–H and O–H groups in total. The first kappa shape index (κ1) is 11.6. The maximum Gasteiger partial charge on any atom is 0.320 e. The quantitative estimate of drug-likeness (QED) is 0.697. The molecule has 17 heavy (non-hydrogen) atoms. The van der Waals surface area contributed by atoms with Gasteiger partial charge >= 0.3 is 6.01 Å². The minimum Gasteiger partial charge on any atom is -0.461 e. The molecule has 0 saturated carbocycles. The molecule has 0 spiro atoms. The second kappa shape index (κ2) is 4.96. The van der Waals surface area contributed by atoms with Gasteiger partial charge in [0.25, 0.3) is 0 Å². The van der Waals surface area contributed by atoms with Gasteiger partial charge in [-0.3, -0.25) is 5.10 Å². The van der Waals surface area contributed by atoms with Gasteiger partial charge in [-0.25, -0.2) is 0 Å². The highest BCUT2D eigenvalue weighted by molar-refractivity contribution is 5.84. The molecule has 2 rings (SSSR count). The van der Waals surface area contributed by atoms with E-state index in [1.165, 1.54) is 0 Å². The second-order valence-corrected chi connectivity index (χ2v) is 3.78. The highest BCUT2D eigenvalue weighted by Crippen LogP contribution is 2.17. The van der Waals surface area contributed by atoms with Crippen LogP contribution in [0.4, 0.5) is 5.82 Å². The van der Waals surface area contributed by atoms with E-state index in [4.69, 9.17) is 10.5 Å². The van der Waals surface area contributed by atoms with Gasteiger partial charge in [0.2, 0.25) is 0 Å². The van der Waals surface area contributed by atoms with Crippen LogP contribution >= 0.6 is 0 Å². The zero-order valence-corrected chi connectivity index (χ0v) is 9.55. The van der Waals surface area contributed by atoms with Crippen LogP contribution in [0.5, 0.6) is 6.01 Å². The number of aromatic nitrogens is 4. The molecule has 0 aliphatic heterocycles. The third-order valence-electron chi connectivity index (χ3n) is 2.35. The van der Waals surface area contributed by atoms with Crippen LogP contribution < -0.4 is 10.5 Å². The summed E-state index contributed by atoms with van der Waals surface area (Å²) in [4.78, 5) is 8.06. The van der Waals surface area contributed by atoms with Crippen molar-refractivity contribution in [2.75, 3.05) is 12.3 Å². The molecule has 0 bridgehead atoms. The maximum atomic E-state index is 9.52. The summed E-state index contributed by atoms with van der Waals surface area (Å²) in [5.74, 6) is 0.309. The number of rotatable bonds is 5. The number of H-pyrrole nitrogens is 1. The highest BCUT2D eigenvalue weighted by atomic mass is 16.5. The Morgan fingerprint density at radius 2 is 2.35 bits per heavy atom. The summed E-state index contributed by atoms with van der Waals surface area (Å²) >= 11 is 0. The number of nitrogen functional groups attached to an aromatic ring is 1. The summed E-state index contributed by atoms with van der Waals surface area (Å²) in [6.07, 6.45) is 2.62. The lowest BCUT2D eigenvalue weighted by Gasteiger charge is -2.09. The smallest absolute Gasteiger partial charge is 0.320 e. The predicted octanol–water partition coefficient (Wildman–Crippen LogP) is 0.475. The van der Waals surface area contributed by atoms with Crippen LogP contribution in [0.25, 0.3) is 11.0 Å². The number of anilines is 1. The molecular weight excluding hydrogens is 222 g/mol. The molecule has 92 valence electrons. The van der Waals surface area contributed by atoms with Gasteiger partial charge in [0, 0.05) is 0 Å². The molecule has 0 aromatic carbocycles. The predicted molar refractivity (Wildman–Crippen MR) is 62.5 cm³/mol. The lowest BCUT2D eigenvalue weighted by atomic mass is 10.2. The van der Waals surface area contributed by atoms with E-state index in [9.17, 15) is 5.11 Å². The number of nitrogens with one attached hydrogen (secondary N) is 1. The molecule has 0 aliphatic carbocycles. The van der Waals surface area contributed by atoms with E-state index in [0.29, 0.717) is 23.3 Å². The number of aliphatic hydroxyl groups is 1. The first-order valence-electron chi connectivity index (χ1n) is 5.48. The third kappa shape index (κ3) is 2.62. The molecule has 0 aliphatic rings. The number of aliphatic hydroxyl groups excluding tert-OH is 1. The van der Waals surface area contributed by atoms with Crippen molar-refractivity contribution in [3.05, 3.63) is 6.20 Å². The van der Waals surface area contributed by atoms with Crippen molar-refractivity contribution in [2.24, 2.45) is 0 Å². The first-order chi connectivity index (χ1) is 8.20. The van der Waals surface area contributed by atoms with Crippen molar-refractivity contribution in [1.29, 1.82) is 0 Å². The Labute approximate surface area is 98.0 Å². The van der Waals surface area contributed by atoms with Crippen LogP contribution in [0, 0.1) is 0 Å². The summed E-state index contributed by atoms with van der Waals surface area (Å²) < 4.78 is 5.28. The summed E-state index contributed by atoms with van der Waals surface area (Å²) in [7, 11) is 0. The highest BCUT2D eigenvalue weighted by Gasteiger charge is 2.09. The number of nitrogens with two attached hydrogens (primary N) is 1. The van der Waals surface area contributed by atoms with Gasteiger partial charge < -0.3 is 15.6 Å². The first-order valence-corrected chi connectivity index (χ1v) is 5.48. The Kier molecular flexibility index (Phi) is 3.38. The molecule has 2 aromatic heterocycles. The number of aromatic amines is 1. The van der Waals surface area contributed by atoms with Gasteiger partial charge in [-0.05, 0) is 6.42 Å². The van der Waals surface area contributed by atoms with Crippen LogP contribution in [0.1, 0.15) is 19.8 Å². The standard InChI is InChI=1S/C10H15N5O2/c1-2-3-6(16)5-17-10-13-8(11)7-4-12-15-9(7)14-10/h4,6,16H,2-3,5H2,1H3,(H3,11,12,13,14,15). The fraction of sp³-hybridized carbons (Fsp3) is 0.500. The molecule has 7 nitrogen and oxygen atoms in total. The number of fused-ring (bicyclic) bond motifs is 1. The summed E-state index contributed by atoms with van der Waals surface area (Å²) in [6, 6.07) is 0.148. The fourth-order valence-corrected chi connectivity index (χ4v) is 1.49. The minimum absolute atomic E-state index is 0.148. The summed E-state index contributed by atoms with van der Waals surface area (Å²) in [5, 5.41) is 16.7. The van der Waals surface area contributed by atoms with Crippen molar-refractivity contribution < 1.29 is 9.84 Å². The molecule has 1 atom stereocenters. The van der Waals surface area contributed by atoms with Crippen LogP contribution in [-0.2, 0) is 0 Å². The molecule has 0 radical (unpaired) electrons. The molecule has 2 heterocycles. The lowest BCUT2D eigenvalue weighted by Crippen LogP contribution is -2.18. The Balaban J connectivity index is 2.08. The van der Waals surface area contributed by atoms with Crippen molar-refractivity contribution in [3.8, 4) is 6.01 Å². The van der Waals surface area contributed by atoms with Gasteiger partial charge in [0.1, 0.15) is 12.4 Å². The lowest BCUT2D eigenvalue weighted by molar-refractivity contribution is 0.0946. The maximum absolute atomic E-state index is 9.52. The zero-order chi connectivity index (χ0) is 12.3. The van der Waals surface area contributed by atoms with Crippen molar-refractivity contribution in [3.63, 3.8) is 0 Å². The van der Waals surface area contributed by atoms with Gasteiger partial charge in [-0.1, -0.05) is 13.3 Å². The van der Waals surface area contributed by atoms with E-state index in [1.807, 2.05) is 6.92 Å². The monoisotopic (exact) mass is 237 g/mol. The SMILES string of the molecule is CCCC(O)COc1nc(N)c2cn[nH]c2n1. The third-order valence-corrected chi connectivity index (χ3v) is 2.35. The van der Waals surface area contributed by atoms with E-state index >= 15 is 0 Å². The van der Waals surface area contributed by atoms with Crippen molar-refractivity contribution >= 4 is 16.9 Å². The summed E-state index contributed by atoms with van der Waals surface area (Å²) in [5.41, 5.74) is 6.24. The zero-order valence-electron chi connectivity index (χ0n) is 9.55. The number of ether oxygens (including phenoxy) is 1. The van der Waals surface area contributed by atoms with E-state index in [-0.39, 0.29) is 12.6 Å². The van der Waals surface area contributed by atoms with E-state index < -0.39 is 6.10 Å². The Bertz CT molecular complexity index is 498. The largest absolute Gasteiger partial charge is 0.461 e. The van der Waals surface area contributed by atoms with Gasteiger partial charge in [0.15, 0.2) is 5.65 Å². The second-order valence-electron chi connectivity index (χ2n) is 3.78. The van der Waals surface area contributed by atoms with Crippen LogP contribution in [0.3, 0.4) is 0 Å². The van der Waals surface area contributed by atoms with Gasteiger partial charge in [-0.15, -0.1) is 0 Å². The molecule has 0 amide bonds. The van der Waals surface area contributed by atoms with E-state index in [0.717, 1.165) is 6.42 Å². The number of nitrogens with zero attached hydrogens (tertiary/aromatic N) is 3. The molecule has 1 unspecified atom stereocenters. The molecular formula is C10H15N5O2. The van der Waals surface area contributed by atoms with Crippen LogP contribution in [0.15, 0.2) is 6.20 Å².